The van der Waals surface area contributed by atoms with E-state index < -0.39 is 5.56 Å². The lowest BCUT2D eigenvalue weighted by Gasteiger charge is -2.22. The fourth-order valence-corrected chi connectivity index (χ4v) is 3.16. The Morgan fingerprint density at radius 2 is 2.09 bits per heavy atom. The van der Waals surface area contributed by atoms with Gasteiger partial charge in [-0.15, -0.1) is 12.4 Å². The molecule has 1 aliphatic rings. The molecule has 1 aromatic heterocycles. The normalized spacial score (nSPS) is 20.8. The third-order valence-electron chi connectivity index (χ3n) is 4.33. The number of halogens is 1. The van der Waals surface area contributed by atoms with Gasteiger partial charge in [0, 0.05) is 12.6 Å². The largest absolute Gasteiger partial charge is 0.335 e. The molecule has 1 aliphatic heterocycles. The van der Waals surface area contributed by atoms with Gasteiger partial charge >= 0.3 is 0 Å². The Labute approximate surface area is 136 Å². The lowest BCUT2D eigenvalue weighted by Crippen LogP contribution is -2.39. The minimum Gasteiger partial charge on any atom is -0.335 e. The number of aryl methyl sites for hydroxylation is 1. The summed E-state index contributed by atoms with van der Waals surface area (Å²) in [5.74, 6) is 0.134. The van der Waals surface area contributed by atoms with Gasteiger partial charge in [0.05, 0.1) is 5.69 Å². The number of aromatic nitrogens is 2. The highest BCUT2D eigenvalue weighted by Crippen LogP contribution is 2.24. The first kappa shape index (κ1) is 18.6. The van der Waals surface area contributed by atoms with Gasteiger partial charge in [0.1, 0.15) is 5.56 Å². The van der Waals surface area contributed by atoms with Crippen LogP contribution in [-0.2, 0) is 12.8 Å². The van der Waals surface area contributed by atoms with Crippen molar-refractivity contribution >= 4 is 18.3 Å². The summed E-state index contributed by atoms with van der Waals surface area (Å²) in [6.07, 6.45) is 2.22. The number of nitrogens with two attached hydrogens (primary N) is 1. The molecule has 0 saturated carbocycles. The number of carbonyl (C=O) groups excluding carboxylic acids is 1. The second-order valence-corrected chi connectivity index (χ2v) is 5.70. The van der Waals surface area contributed by atoms with Gasteiger partial charge in [-0.05, 0) is 44.2 Å². The molecular weight excluding hydrogens is 304 g/mol. The molecule has 0 radical (unpaired) electrons. The summed E-state index contributed by atoms with van der Waals surface area (Å²) in [6, 6.07) is 0.119. The maximum absolute atomic E-state index is 12.8. The monoisotopic (exact) mass is 328 g/mol. The topological polar surface area (TPSA) is 92.1 Å². The lowest BCUT2D eigenvalue weighted by molar-refractivity contribution is 0.0740. The first-order valence-electron chi connectivity index (χ1n) is 7.64. The number of amides is 1. The molecule has 7 heteroatoms. The van der Waals surface area contributed by atoms with Crippen molar-refractivity contribution in [2.75, 3.05) is 13.1 Å². The minimum absolute atomic E-state index is 0. The quantitative estimate of drug-likeness (QED) is 0.866. The van der Waals surface area contributed by atoms with Crippen LogP contribution in [0.1, 0.15) is 48.8 Å². The first-order valence-corrected chi connectivity index (χ1v) is 7.64. The number of aromatic amines is 1. The van der Waals surface area contributed by atoms with E-state index in [1.165, 1.54) is 0 Å². The van der Waals surface area contributed by atoms with Crippen LogP contribution in [0, 0.1) is 5.92 Å². The van der Waals surface area contributed by atoms with E-state index in [0.717, 1.165) is 17.7 Å². The van der Waals surface area contributed by atoms with Crippen LogP contribution in [0.4, 0.5) is 0 Å². The zero-order valence-electron chi connectivity index (χ0n) is 13.4. The molecule has 2 unspecified atom stereocenters. The van der Waals surface area contributed by atoms with E-state index in [4.69, 9.17) is 5.73 Å². The van der Waals surface area contributed by atoms with Crippen LogP contribution in [0.25, 0.3) is 0 Å². The van der Waals surface area contributed by atoms with Crippen molar-refractivity contribution in [3.63, 3.8) is 0 Å². The van der Waals surface area contributed by atoms with Gasteiger partial charge in [0.15, 0.2) is 0 Å². The van der Waals surface area contributed by atoms with Gasteiger partial charge in [-0.25, -0.2) is 5.10 Å². The van der Waals surface area contributed by atoms with E-state index in [9.17, 15) is 9.59 Å². The summed E-state index contributed by atoms with van der Waals surface area (Å²) in [5, 5.41) is 6.52. The molecule has 1 amide bonds. The minimum atomic E-state index is -0.391. The number of hydrogen-bond donors (Lipinski definition) is 2. The summed E-state index contributed by atoms with van der Waals surface area (Å²) >= 11 is 0. The molecule has 2 atom stereocenters. The number of rotatable bonds is 4. The third-order valence-corrected chi connectivity index (χ3v) is 4.33. The summed E-state index contributed by atoms with van der Waals surface area (Å²) in [7, 11) is 0. The fraction of sp³-hybridized carbons (Fsp3) is 0.667. The predicted molar refractivity (Wildman–Crippen MR) is 88.5 cm³/mol. The van der Waals surface area contributed by atoms with Crippen molar-refractivity contribution in [2.45, 2.75) is 46.1 Å². The van der Waals surface area contributed by atoms with Crippen molar-refractivity contribution in [3.05, 3.63) is 27.2 Å². The molecule has 1 saturated heterocycles. The molecule has 3 N–H and O–H groups in total. The second kappa shape index (κ2) is 7.74. The summed E-state index contributed by atoms with van der Waals surface area (Å²) in [4.78, 5) is 26.7. The molecule has 1 aromatic rings. The van der Waals surface area contributed by atoms with Crippen molar-refractivity contribution in [1.29, 1.82) is 0 Å². The van der Waals surface area contributed by atoms with Crippen molar-refractivity contribution in [2.24, 2.45) is 11.7 Å². The summed E-state index contributed by atoms with van der Waals surface area (Å²) in [6.45, 7) is 7.12. The van der Waals surface area contributed by atoms with E-state index in [2.05, 4.69) is 10.2 Å². The standard InChI is InChI=1S/C15H24N4O2.ClH/c1-4-11-12(5-2)17-18-14(20)13(11)15(21)19-8-10(7-16)6-9(19)3;/h9-10H,4-8,16H2,1-3H3,(H,18,20);1H. The third kappa shape index (κ3) is 3.33. The molecule has 2 heterocycles. The van der Waals surface area contributed by atoms with Crippen LogP contribution in [0.3, 0.4) is 0 Å². The highest BCUT2D eigenvalue weighted by molar-refractivity contribution is 5.95. The second-order valence-electron chi connectivity index (χ2n) is 5.70. The smallest absolute Gasteiger partial charge is 0.277 e. The van der Waals surface area contributed by atoms with Gasteiger partial charge in [-0.3, -0.25) is 9.59 Å². The van der Waals surface area contributed by atoms with E-state index in [-0.39, 0.29) is 29.9 Å². The number of carbonyl (C=O) groups is 1. The molecule has 2 rings (SSSR count). The maximum Gasteiger partial charge on any atom is 0.277 e. The zero-order valence-corrected chi connectivity index (χ0v) is 14.2. The summed E-state index contributed by atoms with van der Waals surface area (Å²) in [5.41, 5.74) is 7.15. The van der Waals surface area contributed by atoms with Gasteiger partial charge in [0.2, 0.25) is 0 Å². The maximum atomic E-state index is 12.8. The highest BCUT2D eigenvalue weighted by Gasteiger charge is 2.34. The van der Waals surface area contributed by atoms with Gasteiger partial charge in [-0.1, -0.05) is 13.8 Å². The van der Waals surface area contributed by atoms with Gasteiger partial charge < -0.3 is 10.6 Å². The molecule has 0 bridgehead atoms. The van der Waals surface area contributed by atoms with Gasteiger partial charge in [0.25, 0.3) is 11.5 Å². The molecule has 0 aromatic carbocycles. The fourth-order valence-electron chi connectivity index (χ4n) is 3.16. The van der Waals surface area contributed by atoms with E-state index in [1.807, 2.05) is 20.8 Å². The number of nitrogens with one attached hydrogen (secondary N) is 1. The van der Waals surface area contributed by atoms with Crippen LogP contribution in [0.2, 0.25) is 0 Å². The molecule has 6 nitrogen and oxygen atoms in total. The Morgan fingerprint density at radius 1 is 1.41 bits per heavy atom. The zero-order chi connectivity index (χ0) is 15.6. The predicted octanol–water partition coefficient (Wildman–Crippen LogP) is 1.13. The Bertz CT molecular complexity index is 587. The van der Waals surface area contributed by atoms with E-state index in [1.54, 1.807) is 4.90 Å². The Morgan fingerprint density at radius 3 is 2.59 bits per heavy atom. The van der Waals surface area contributed by atoms with E-state index in [0.29, 0.717) is 31.8 Å². The molecule has 124 valence electrons. The Kier molecular flexibility index (Phi) is 6.56. The van der Waals surface area contributed by atoms with Crippen LogP contribution in [0.15, 0.2) is 4.79 Å². The lowest BCUT2D eigenvalue weighted by atomic mass is 10.0. The first-order chi connectivity index (χ1) is 10.0. The van der Waals surface area contributed by atoms with Crippen LogP contribution >= 0.6 is 12.4 Å². The van der Waals surface area contributed by atoms with Crippen molar-refractivity contribution < 1.29 is 4.79 Å². The average Bonchev–Trinajstić information content (AvgIpc) is 2.87. The SMILES string of the molecule is CCc1n[nH]c(=O)c(C(=O)N2CC(CN)CC2C)c1CC.Cl. The van der Waals surface area contributed by atoms with E-state index >= 15 is 0 Å². The number of likely N-dealkylation sites (tertiary alicyclic amines) is 1. The van der Waals surface area contributed by atoms with Crippen LogP contribution < -0.4 is 11.3 Å². The van der Waals surface area contributed by atoms with Crippen LogP contribution in [-0.4, -0.2) is 40.1 Å². The number of nitrogens with zero attached hydrogens (tertiary/aromatic N) is 2. The molecule has 0 spiro atoms. The Balaban J connectivity index is 0.00000242. The molecular formula is C15H25ClN4O2. The van der Waals surface area contributed by atoms with Gasteiger partial charge in [-0.2, -0.15) is 5.10 Å². The molecule has 0 aliphatic carbocycles. The van der Waals surface area contributed by atoms with Crippen molar-refractivity contribution in [3.8, 4) is 0 Å². The molecule has 1 fully saturated rings. The number of H-pyrrole nitrogens is 1. The van der Waals surface area contributed by atoms with Crippen molar-refractivity contribution in [1.82, 2.24) is 15.1 Å². The Hall–Kier alpha value is -1.40. The average molecular weight is 329 g/mol. The van der Waals surface area contributed by atoms with Crippen LogP contribution in [0.5, 0.6) is 0 Å². The highest BCUT2D eigenvalue weighted by atomic mass is 35.5. The molecule has 22 heavy (non-hydrogen) atoms. The summed E-state index contributed by atoms with van der Waals surface area (Å²) < 4.78 is 0. The number of hydrogen-bond acceptors (Lipinski definition) is 4.